The molecule has 0 fully saturated rings. The van der Waals surface area contributed by atoms with Crippen LogP contribution in [0, 0.1) is 6.92 Å². The highest BCUT2D eigenvalue weighted by Crippen LogP contribution is 2.35. The van der Waals surface area contributed by atoms with Gasteiger partial charge < -0.3 is 0 Å². The third kappa shape index (κ3) is 3.80. The molecule has 3 aromatic rings. The predicted molar refractivity (Wildman–Crippen MR) is 120 cm³/mol. The standard InChI is InChI=1S/C24H30.C2H6/c1-14(2)21-11-19-10-18-9-8-17(7)24(16(5)6)23(18)13-20(19)12-22(21)15(3)4;1-2/h8-16H,1-7H3;1-2H3. The first-order valence-electron chi connectivity index (χ1n) is 10.3. The Morgan fingerprint density at radius 3 is 1.54 bits per heavy atom. The Kier molecular flexibility index (Phi) is 6.50. The Bertz CT molecular complexity index is 895. The van der Waals surface area contributed by atoms with Gasteiger partial charge in [-0.25, -0.2) is 0 Å². The van der Waals surface area contributed by atoms with Crippen molar-refractivity contribution in [3.63, 3.8) is 0 Å². The van der Waals surface area contributed by atoms with E-state index in [9.17, 15) is 0 Å². The van der Waals surface area contributed by atoms with E-state index in [1.54, 1.807) is 0 Å². The van der Waals surface area contributed by atoms with Gasteiger partial charge in [0, 0.05) is 0 Å². The van der Waals surface area contributed by atoms with Crippen molar-refractivity contribution in [3.8, 4) is 0 Å². The molecule has 0 aliphatic carbocycles. The fraction of sp³-hybridized carbons (Fsp3) is 0.462. The molecule has 0 radical (unpaired) electrons. The third-order valence-corrected chi connectivity index (χ3v) is 5.26. The van der Waals surface area contributed by atoms with E-state index in [1.807, 2.05) is 13.8 Å². The van der Waals surface area contributed by atoms with Crippen molar-refractivity contribution in [2.24, 2.45) is 0 Å². The second kappa shape index (κ2) is 8.25. The van der Waals surface area contributed by atoms with Gasteiger partial charge in [-0.3, -0.25) is 0 Å². The quantitative estimate of drug-likeness (QED) is 0.415. The van der Waals surface area contributed by atoms with E-state index < -0.39 is 0 Å². The van der Waals surface area contributed by atoms with Gasteiger partial charge in [-0.2, -0.15) is 0 Å². The van der Waals surface area contributed by atoms with Crippen molar-refractivity contribution < 1.29 is 0 Å². The van der Waals surface area contributed by atoms with Crippen LogP contribution in [0.15, 0.2) is 36.4 Å². The average Bonchev–Trinajstić information content (AvgIpc) is 2.60. The van der Waals surface area contributed by atoms with E-state index in [4.69, 9.17) is 0 Å². The fourth-order valence-electron chi connectivity index (χ4n) is 4.06. The van der Waals surface area contributed by atoms with Gasteiger partial charge in [0.15, 0.2) is 0 Å². The number of benzene rings is 3. The van der Waals surface area contributed by atoms with Crippen LogP contribution >= 0.6 is 0 Å². The summed E-state index contributed by atoms with van der Waals surface area (Å²) in [6, 6.07) is 14.2. The number of rotatable bonds is 3. The molecule has 0 bridgehead atoms. The lowest BCUT2D eigenvalue weighted by Gasteiger charge is -2.19. The zero-order chi connectivity index (χ0) is 19.6. The van der Waals surface area contributed by atoms with E-state index >= 15 is 0 Å². The number of fused-ring (bicyclic) bond motifs is 2. The van der Waals surface area contributed by atoms with Crippen LogP contribution in [0.4, 0.5) is 0 Å². The Labute approximate surface area is 160 Å². The van der Waals surface area contributed by atoms with Crippen LogP contribution < -0.4 is 0 Å². The lowest BCUT2D eigenvalue weighted by molar-refractivity contribution is 0.793. The summed E-state index contributed by atoms with van der Waals surface area (Å²) >= 11 is 0. The van der Waals surface area contributed by atoms with Crippen molar-refractivity contribution in [2.75, 3.05) is 0 Å². The SMILES string of the molecule is CC.Cc1ccc2cc3cc(C(C)C)c(C(C)C)cc3cc2c1C(C)C. The van der Waals surface area contributed by atoms with Crippen LogP contribution in [0.2, 0.25) is 0 Å². The minimum absolute atomic E-state index is 0.547. The van der Waals surface area contributed by atoms with Crippen molar-refractivity contribution in [3.05, 3.63) is 58.7 Å². The number of aryl methyl sites for hydroxylation is 1. The van der Waals surface area contributed by atoms with Gasteiger partial charge in [0.2, 0.25) is 0 Å². The highest BCUT2D eigenvalue weighted by Gasteiger charge is 2.14. The smallest absolute Gasteiger partial charge is 0.0140 e. The maximum Gasteiger partial charge on any atom is -0.0140 e. The maximum absolute atomic E-state index is 2.43. The molecule has 0 heterocycles. The largest absolute Gasteiger partial charge is 0.0683 e. The Morgan fingerprint density at radius 2 is 1.08 bits per heavy atom. The first kappa shape index (κ1) is 20.5. The minimum atomic E-state index is 0.547. The molecule has 0 N–H and O–H groups in total. The summed E-state index contributed by atoms with van der Waals surface area (Å²) in [5, 5.41) is 5.53. The molecule has 0 saturated heterocycles. The van der Waals surface area contributed by atoms with Crippen LogP contribution in [0.1, 0.15) is 95.4 Å². The van der Waals surface area contributed by atoms with Crippen LogP contribution in [0.25, 0.3) is 21.5 Å². The van der Waals surface area contributed by atoms with Crippen LogP contribution in [0.3, 0.4) is 0 Å². The second-order valence-corrected chi connectivity index (χ2v) is 8.16. The molecule has 0 spiro atoms. The molecule has 0 unspecified atom stereocenters. The molecule has 3 aromatic carbocycles. The molecule has 0 aliphatic heterocycles. The van der Waals surface area contributed by atoms with Crippen molar-refractivity contribution >= 4 is 21.5 Å². The summed E-state index contributed by atoms with van der Waals surface area (Å²) < 4.78 is 0. The first-order valence-corrected chi connectivity index (χ1v) is 10.3. The zero-order valence-electron chi connectivity index (χ0n) is 18.2. The summed E-state index contributed by atoms with van der Waals surface area (Å²) in [7, 11) is 0. The number of hydrogen-bond acceptors (Lipinski definition) is 0. The Balaban J connectivity index is 0.00000117. The van der Waals surface area contributed by atoms with E-state index in [0.29, 0.717) is 17.8 Å². The molecule has 0 heteroatoms. The number of hydrogen-bond donors (Lipinski definition) is 0. The average molecular weight is 349 g/mol. The van der Waals surface area contributed by atoms with E-state index in [1.165, 1.54) is 43.8 Å². The van der Waals surface area contributed by atoms with Gasteiger partial charge in [-0.15, -0.1) is 0 Å². The van der Waals surface area contributed by atoms with E-state index in [2.05, 4.69) is 84.9 Å². The topological polar surface area (TPSA) is 0 Å². The first-order chi connectivity index (χ1) is 12.3. The van der Waals surface area contributed by atoms with Gasteiger partial charge in [0.1, 0.15) is 0 Å². The molecule has 3 rings (SSSR count). The molecule has 140 valence electrons. The molecular weight excluding hydrogens is 312 g/mol. The lowest BCUT2D eigenvalue weighted by atomic mass is 9.86. The zero-order valence-corrected chi connectivity index (χ0v) is 18.2. The normalized spacial score (nSPS) is 11.5. The monoisotopic (exact) mass is 348 g/mol. The summed E-state index contributed by atoms with van der Waals surface area (Å²) in [4.78, 5) is 0. The Morgan fingerprint density at radius 1 is 0.577 bits per heavy atom. The molecular formula is C26H36. The van der Waals surface area contributed by atoms with Gasteiger partial charge in [-0.1, -0.05) is 79.7 Å². The summed E-state index contributed by atoms with van der Waals surface area (Å²) in [5.41, 5.74) is 5.89. The van der Waals surface area contributed by atoms with Crippen molar-refractivity contribution in [1.82, 2.24) is 0 Å². The molecule has 0 nitrogen and oxygen atoms in total. The van der Waals surface area contributed by atoms with Gasteiger partial charge in [0.05, 0.1) is 0 Å². The second-order valence-electron chi connectivity index (χ2n) is 8.16. The molecule has 0 saturated carbocycles. The lowest BCUT2D eigenvalue weighted by Crippen LogP contribution is -1.99. The third-order valence-electron chi connectivity index (χ3n) is 5.26. The summed E-state index contributed by atoms with van der Waals surface area (Å²) in [6.45, 7) is 20.0. The summed E-state index contributed by atoms with van der Waals surface area (Å²) in [5.74, 6) is 1.67. The highest BCUT2D eigenvalue weighted by atomic mass is 14.2. The predicted octanol–water partition coefficient (Wildman–Crippen LogP) is 8.70. The minimum Gasteiger partial charge on any atom is -0.0683 e. The molecule has 26 heavy (non-hydrogen) atoms. The van der Waals surface area contributed by atoms with Crippen LogP contribution in [-0.4, -0.2) is 0 Å². The molecule has 0 aromatic heterocycles. The molecule has 0 aliphatic rings. The molecule has 0 atom stereocenters. The van der Waals surface area contributed by atoms with Crippen LogP contribution in [-0.2, 0) is 0 Å². The van der Waals surface area contributed by atoms with Gasteiger partial charge in [-0.05, 0) is 80.6 Å². The van der Waals surface area contributed by atoms with Crippen molar-refractivity contribution in [2.45, 2.75) is 80.1 Å². The van der Waals surface area contributed by atoms with E-state index in [-0.39, 0.29) is 0 Å². The van der Waals surface area contributed by atoms with Gasteiger partial charge in [0.25, 0.3) is 0 Å². The molecule has 0 amide bonds. The van der Waals surface area contributed by atoms with Crippen molar-refractivity contribution in [1.29, 1.82) is 0 Å². The fourth-order valence-corrected chi connectivity index (χ4v) is 4.06. The van der Waals surface area contributed by atoms with Gasteiger partial charge >= 0.3 is 0 Å². The maximum atomic E-state index is 2.43. The van der Waals surface area contributed by atoms with E-state index in [0.717, 1.165) is 0 Å². The summed E-state index contributed by atoms with van der Waals surface area (Å²) in [6.07, 6.45) is 0. The Hall–Kier alpha value is -1.82. The van der Waals surface area contributed by atoms with Crippen LogP contribution in [0.5, 0.6) is 0 Å². The highest BCUT2D eigenvalue weighted by molar-refractivity contribution is 6.00.